The molecule has 0 radical (unpaired) electrons. The van der Waals surface area contributed by atoms with Crippen LogP contribution in [-0.4, -0.2) is 11.9 Å². The van der Waals surface area contributed by atoms with Gasteiger partial charge in [0.15, 0.2) is 0 Å². The summed E-state index contributed by atoms with van der Waals surface area (Å²) in [4.78, 5) is 12.0. The fourth-order valence-corrected chi connectivity index (χ4v) is 2.74. The molecule has 2 rings (SSSR count). The minimum atomic E-state index is -4.81. The average Bonchev–Trinajstić information content (AvgIpc) is 2.69. The maximum absolute atomic E-state index is 13.9. The zero-order valence-corrected chi connectivity index (χ0v) is 11.8. The van der Waals surface area contributed by atoms with E-state index in [-0.39, 0.29) is 12.0 Å². The largest absolute Gasteiger partial charge is 0.419 e. The predicted octanol–water partition coefficient (Wildman–Crippen LogP) is 4.01. The van der Waals surface area contributed by atoms with Gasteiger partial charge in [0, 0.05) is 6.04 Å². The average molecular weight is 303 g/mol. The van der Waals surface area contributed by atoms with E-state index in [1.54, 1.807) is 0 Å². The topological polar surface area (TPSA) is 29.1 Å². The highest BCUT2D eigenvalue weighted by Gasteiger charge is 2.36. The van der Waals surface area contributed by atoms with Crippen molar-refractivity contribution in [2.75, 3.05) is 0 Å². The molecule has 1 aromatic carbocycles. The maximum Gasteiger partial charge on any atom is 0.419 e. The number of hydrogen-bond acceptors (Lipinski definition) is 1. The highest BCUT2D eigenvalue weighted by atomic mass is 19.4. The van der Waals surface area contributed by atoms with Crippen LogP contribution in [0, 0.1) is 17.7 Å². The van der Waals surface area contributed by atoms with Crippen molar-refractivity contribution in [2.45, 2.75) is 38.9 Å². The molecule has 0 aliphatic heterocycles. The molecule has 2 nitrogen and oxygen atoms in total. The third kappa shape index (κ3) is 3.19. The number of alkyl halides is 3. The van der Waals surface area contributed by atoms with Crippen LogP contribution in [0.2, 0.25) is 0 Å². The molecule has 3 unspecified atom stereocenters. The van der Waals surface area contributed by atoms with Crippen molar-refractivity contribution >= 4 is 5.91 Å². The molecule has 0 bridgehead atoms. The van der Waals surface area contributed by atoms with Gasteiger partial charge in [-0.05, 0) is 36.8 Å². The molecule has 21 heavy (non-hydrogen) atoms. The number of halogens is 4. The van der Waals surface area contributed by atoms with E-state index in [4.69, 9.17) is 0 Å². The highest BCUT2D eigenvalue weighted by Crippen LogP contribution is 2.33. The van der Waals surface area contributed by atoms with Crippen LogP contribution < -0.4 is 5.32 Å². The van der Waals surface area contributed by atoms with Crippen LogP contribution in [0.25, 0.3) is 0 Å². The van der Waals surface area contributed by atoms with Crippen LogP contribution in [0.3, 0.4) is 0 Å². The van der Waals surface area contributed by atoms with E-state index < -0.39 is 29.0 Å². The molecule has 116 valence electrons. The van der Waals surface area contributed by atoms with Crippen molar-refractivity contribution in [3.63, 3.8) is 0 Å². The van der Waals surface area contributed by atoms with E-state index in [0.717, 1.165) is 25.0 Å². The van der Waals surface area contributed by atoms with Crippen LogP contribution in [-0.2, 0) is 6.18 Å². The fourth-order valence-electron chi connectivity index (χ4n) is 2.74. The third-order valence-corrected chi connectivity index (χ3v) is 4.33. The first kappa shape index (κ1) is 15.8. The summed E-state index contributed by atoms with van der Waals surface area (Å²) < 4.78 is 51.8. The van der Waals surface area contributed by atoms with Crippen molar-refractivity contribution in [1.29, 1.82) is 0 Å². The number of nitrogens with one attached hydrogen (secondary N) is 1. The molecule has 1 aliphatic rings. The Labute approximate surface area is 120 Å². The summed E-state index contributed by atoms with van der Waals surface area (Å²) in [6.45, 7) is 4.03. The molecule has 0 aromatic heterocycles. The van der Waals surface area contributed by atoms with Gasteiger partial charge in [0.25, 0.3) is 5.91 Å². The molecule has 0 spiro atoms. The number of carbonyl (C=O) groups excluding carboxylic acids is 1. The number of amides is 1. The molecule has 1 aliphatic carbocycles. The van der Waals surface area contributed by atoms with E-state index >= 15 is 0 Å². The summed E-state index contributed by atoms with van der Waals surface area (Å²) in [6.07, 6.45) is -3.11. The molecular weight excluding hydrogens is 286 g/mol. The Bertz CT molecular complexity index is 541. The van der Waals surface area contributed by atoms with E-state index in [9.17, 15) is 22.4 Å². The summed E-state index contributed by atoms with van der Waals surface area (Å²) in [6, 6.07) is 2.62. The number of hydrogen-bond donors (Lipinski definition) is 1. The Morgan fingerprint density at radius 1 is 1.24 bits per heavy atom. The molecule has 0 saturated heterocycles. The minimum Gasteiger partial charge on any atom is -0.349 e. The quantitative estimate of drug-likeness (QED) is 0.822. The summed E-state index contributed by atoms with van der Waals surface area (Å²) in [5, 5.41) is 2.65. The second-order valence-electron chi connectivity index (χ2n) is 5.66. The summed E-state index contributed by atoms with van der Waals surface area (Å²) in [5.41, 5.74) is -1.97. The van der Waals surface area contributed by atoms with Gasteiger partial charge in [-0.3, -0.25) is 4.79 Å². The molecule has 1 amide bonds. The van der Waals surface area contributed by atoms with Crippen molar-refractivity contribution in [3.8, 4) is 0 Å². The normalized spacial score (nSPS) is 25.9. The van der Waals surface area contributed by atoms with Crippen LogP contribution in [0.1, 0.15) is 42.6 Å². The van der Waals surface area contributed by atoms with Gasteiger partial charge in [-0.25, -0.2) is 4.39 Å². The Morgan fingerprint density at radius 3 is 2.43 bits per heavy atom. The predicted molar refractivity (Wildman–Crippen MR) is 70.2 cm³/mol. The SMILES string of the molecule is CC1CCC(NC(=O)c2cccc(C(F)(F)F)c2F)C1C. The van der Waals surface area contributed by atoms with E-state index in [2.05, 4.69) is 12.2 Å². The standard InChI is InChI=1S/C15H17F4NO/c1-8-6-7-12(9(8)2)20-14(21)10-4-3-5-11(13(10)16)15(17,18)19/h3-5,8-9,12H,6-7H2,1-2H3,(H,20,21). The second kappa shape index (κ2) is 5.66. The first-order chi connectivity index (χ1) is 9.71. The fraction of sp³-hybridized carbons (Fsp3) is 0.533. The Kier molecular flexibility index (Phi) is 4.25. The van der Waals surface area contributed by atoms with Gasteiger partial charge in [0.1, 0.15) is 5.82 Å². The van der Waals surface area contributed by atoms with E-state index in [0.29, 0.717) is 12.0 Å². The van der Waals surface area contributed by atoms with Crippen LogP contribution in [0.4, 0.5) is 17.6 Å². The van der Waals surface area contributed by atoms with Gasteiger partial charge in [-0.2, -0.15) is 13.2 Å². The lowest BCUT2D eigenvalue weighted by Gasteiger charge is -2.20. The minimum absolute atomic E-state index is 0.124. The van der Waals surface area contributed by atoms with Crippen LogP contribution >= 0.6 is 0 Å². The van der Waals surface area contributed by atoms with Gasteiger partial charge in [-0.1, -0.05) is 19.9 Å². The Hall–Kier alpha value is -1.59. The zero-order chi connectivity index (χ0) is 15.8. The first-order valence-electron chi connectivity index (χ1n) is 6.88. The Balaban J connectivity index is 2.21. The van der Waals surface area contributed by atoms with Crippen molar-refractivity contribution in [1.82, 2.24) is 5.32 Å². The summed E-state index contributed by atoms with van der Waals surface area (Å²) >= 11 is 0. The molecule has 6 heteroatoms. The van der Waals surface area contributed by atoms with Crippen LogP contribution in [0.15, 0.2) is 18.2 Å². The molecule has 0 heterocycles. The number of rotatable bonds is 2. The van der Waals surface area contributed by atoms with Gasteiger partial charge >= 0.3 is 6.18 Å². The molecule has 1 aromatic rings. The highest BCUT2D eigenvalue weighted by molar-refractivity contribution is 5.95. The summed E-state index contributed by atoms with van der Waals surface area (Å²) in [7, 11) is 0. The first-order valence-corrected chi connectivity index (χ1v) is 6.88. The lowest BCUT2D eigenvalue weighted by atomic mass is 9.97. The van der Waals surface area contributed by atoms with Crippen molar-refractivity contribution in [2.24, 2.45) is 11.8 Å². The van der Waals surface area contributed by atoms with Crippen molar-refractivity contribution < 1.29 is 22.4 Å². The molecule has 1 fully saturated rings. The van der Waals surface area contributed by atoms with Crippen LogP contribution in [0.5, 0.6) is 0 Å². The molecular formula is C15H17F4NO. The molecule has 3 atom stereocenters. The Morgan fingerprint density at radius 2 is 1.90 bits per heavy atom. The lowest BCUT2D eigenvalue weighted by molar-refractivity contribution is -0.140. The van der Waals surface area contributed by atoms with E-state index in [1.807, 2.05) is 6.92 Å². The summed E-state index contributed by atoms with van der Waals surface area (Å²) in [5.74, 6) is -1.64. The third-order valence-electron chi connectivity index (χ3n) is 4.33. The van der Waals surface area contributed by atoms with E-state index in [1.165, 1.54) is 0 Å². The van der Waals surface area contributed by atoms with Gasteiger partial charge < -0.3 is 5.32 Å². The molecule has 1 N–H and O–H groups in total. The lowest BCUT2D eigenvalue weighted by Crippen LogP contribution is -2.38. The second-order valence-corrected chi connectivity index (χ2v) is 5.66. The smallest absolute Gasteiger partial charge is 0.349 e. The van der Waals surface area contributed by atoms with Gasteiger partial charge in [0.2, 0.25) is 0 Å². The maximum atomic E-state index is 13.9. The monoisotopic (exact) mass is 303 g/mol. The van der Waals surface area contributed by atoms with Gasteiger partial charge in [-0.15, -0.1) is 0 Å². The van der Waals surface area contributed by atoms with Gasteiger partial charge in [0.05, 0.1) is 11.1 Å². The van der Waals surface area contributed by atoms with Crippen molar-refractivity contribution in [3.05, 3.63) is 35.1 Å². The number of carbonyl (C=O) groups is 1. The number of benzene rings is 1. The molecule has 1 saturated carbocycles. The zero-order valence-electron chi connectivity index (χ0n) is 11.8.